The van der Waals surface area contributed by atoms with E-state index in [1.807, 2.05) is 84.9 Å². The van der Waals surface area contributed by atoms with Gasteiger partial charge in [-0.05, 0) is 59.2 Å². The fourth-order valence-corrected chi connectivity index (χ4v) is 4.01. The predicted octanol–water partition coefficient (Wildman–Crippen LogP) is 6.25. The van der Waals surface area contributed by atoms with Gasteiger partial charge in [0.2, 0.25) is 0 Å². The van der Waals surface area contributed by atoms with Crippen LogP contribution in [0.15, 0.2) is 94.1 Å². The maximum atomic E-state index is 13.0. The molecule has 4 nitrogen and oxygen atoms in total. The second kappa shape index (κ2) is 7.65. The Bertz CT molecular complexity index is 1400. The van der Waals surface area contributed by atoms with Crippen molar-refractivity contribution in [2.45, 2.75) is 0 Å². The summed E-state index contributed by atoms with van der Waals surface area (Å²) < 4.78 is 16.5. The van der Waals surface area contributed by atoms with Crippen LogP contribution in [-0.2, 0) is 0 Å². The van der Waals surface area contributed by atoms with E-state index in [-0.39, 0.29) is 5.63 Å². The summed E-state index contributed by atoms with van der Waals surface area (Å²) in [5.74, 6) is 2.04. The van der Waals surface area contributed by atoms with E-state index < -0.39 is 0 Å². The first kappa shape index (κ1) is 18.9. The molecule has 0 bridgehead atoms. The molecule has 1 heterocycles. The summed E-state index contributed by atoms with van der Waals surface area (Å²) in [6.07, 6.45) is 0. The van der Waals surface area contributed by atoms with Gasteiger partial charge in [-0.1, -0.05) is 42.5 Å². The highest BCUT2D eigenvalue weighted by Gasteiger charge is 2.22. The predicted molar refractivity (Wildman–Crippen MR) is 123 cm³/mol. The van der Waals surface area contributed by atoms with Crippen LogP contribution in [0.2, 0.25) is 0 Å². The highest BCUT2D eigenvalue weighted by atomic mass is 16.5. The molecular formula is C27H20O4. The van der Waals surface area contributed by atoms with Gasteiger partial charge in [0.25, 0.3) is 0 Å². The van der Waals surface area contributed by atoms with E-state index in [9.17, 15) is 4.79 Å². The van der Waals surface area contributed by atoms with Gasteiger partial charge in [-0.3, -0.25) is 0 Å². The Balaban J connectivity index is 1.89. The van der Waals surface area contributed by atoms with Gasteiger partial charge in [0.1, 0.15) is 17.3 Å². The van der Waals surface area contributed by atoms with Gasteiger partial charge in [-0.25, -0.2) is 4.79 Å². The molecule has 2 aromatic carbocycles. The van der Waals surface area contributed by atoms with Crippen LogP contribution in [-0.4, -0.2) is 14.2 Å². The van der Waals surface area contributed by atoms with E-state index in [2.05, 4.69) is 0 Å². The first-order chi connectivity index (χ1) is 15.2. The highest BCUT2D eigenvalue weighted by Crippen LogP contribution is 2.43. The lowest BCUT2D eigenvalue weighted by molar-refractivity contribution is 0.414. The third-order valence-corrected chi connectivity index (χ3v) is 5.53. The molecule has 2 aliphatic carbocycles. The highest BCUT2D eigenvalue weighted by molar-refractivity contribution is 6.12. The molecule has 1 aromatic heterocycles. The third-order valence-electron chi connectivity index (χ3n) is 5.53. The van der Waals surface area contributed by atoms with Crippen LogP contribution < -0.4 is 15.1 Å². The van der Waals surface area contributed by atoms with Crippen molar-refractivity contribution in [3.05, 3.63) is 95.3 Å². The number of hydrogen-bond donors (Lipinski definition) is 0. The first-order valence-corrected chi connectivity index (χ1v) is 9.97. The summed E-state index contributed by atoms with van der Waals surface area (Å²) >= 11 is 0. The minimum atomic E-state index is -0.350. The van der Waals surface area contributed by atoms with E-state index in [1.165, 1.54) is 0 Å². The lowest BCUT2D eigenvalue weighted by atomic mass is 9.95. The van der Waals surface area contributed by atoms with Crippen LogP contribution in [0.3, 0.4) is 0 Å². The molecular weight excluding hydrogens is 388 g/mol. The molecule has 31 heavy (non-hydrogen) atoms. The maximum Gasteiger partial charge on any atom is 0.344 e. The molecule has 0 spiro atoms. The summed E-state index contributed by atoms with van der Waals surface area (Å²) in [6.45, 7) is 0. The fraction of sp³-hybridized carbons (Fsp3) is 0.0741. The van der Waals surface area contributed by atoms with E-state index in [0.29, 0.717) is 11.1 Å². The molecule has 152 valence electrons. The molecule has 5 rings (SSSR count). The Labute approximate surface area is 179 Å². The normalized spacial score (nSPS) is 11.0. The SMILES string of the molecule is COc1ccc(-c2oc(=O)c3cc4cccccc-4c3c2-c2ccc(OC)cc2)cc1. The number of methoxy groups -OCH3 is 2. The summed E-state index contributed by atoms with van der Waals surface area (Å²) in [6, 6.07) is 27.2. The molecule has 0 N–H and O–H groups in total. The minimum absolute atomic E-state index is 0.350. The Morgan fingerprint density at radius 1 is 0.677 bits per heavy atom. The molecule has 0 fully saturated rings. The van der Waals surface area contributed by atoms with Crippen LogP contribution in [0.1, 0.15) is 0 Å². The topological polar surface area (TPSA) is 48.7 Å². The Kier molecular flexibility index (Phi) is 4.68. The standard InChI is InChI=1S/C27H20O4/c1-29-20-12-8-17(9-13-20)24-25-22-7-5-3-4-6-19(22)16-23(25)27(28)31-26(24)18-10-14-21(30-2)15-11-18/h3-16H,1-2H3. The van der Waals surface area contributed by atoms with Crippen LogP contribution >= 0.6 is 0 Å². The summed E-state index contributed by atoms with van der Waals surface area (Å²) in [5.41, 5.74) is 4.28. The van der Waals surface area contributed by atoms with Crippen LogP contribution in [0.4, 0.5) is 0 Å². The molecule has 3 aromatic rings. The van der Waals surface area contributed by atoms with Crippen LogP contribution in [0, 0.1) is 0 Å². The van der Waals surface area contributed by atoms with Crippen molar-refractivity contribution in [2.75, 3.05) is 14.2 Å². The van der Waals surface area contributed by atoms with Crippen molar-refractivity contribution in [1.29, 1.82) is 0 Å². The zero-order valence-corrected chi connectivity index (χ0v) is 17.2. The molecule has 0 radical (unpaired) electrons. The summed E-state index contributed by atoms with van der Waals surface area (Å²) in [4.78, 5) is 13.0. The number of rotatable bonds is 4. The minimum Gasteiger partial charge on any atom is -0.497 e. The number of fused-ring (bicyclic) bond motifs is 3. The van der Waals surface area contributed by atoms with Gasteiger partial charge < -0.3 is 13.9 Å². The third kappa shape index (κ3) is 3.22. The molecule has 0 atom stereocenters. The van der Waals surface area contributed by atoms with Crippen molar-refractivity contribution >= 4 is 10.8 Å². The Morgan fingerprint density at radius 2 is 1.29 bits per heavy atom. The summed E-state index contributed by atoms with van der Waals surface area (Å²) in [5, 5.41) is 1.46. The monoisotopic (exact) mass is 408 g/mol. The van der Waals surface area contributed by atoms with Crippen molar-refractivity contribution < 1.29 is 13.9 Å². The van der Waals surface area contributed by atoms with E-state index >= 15 is 0 Å². The average molecular weight is 408 g/mol. The van der Waals surface area contributed by atoms with Crippen molar-refractivity contribution in [3.8, 4) is 45.1 Å². The fourth-order valence-electron chi connectivity index (χ4n) is 4.01. The largest absolute Gasteiger partial charge is 0.497 e. The van der Waals surface area contributed by atoms with Gasteiger partial charge in [0.15, 0.2) is 0 Å². The molecule has 4 heteroatoms. The van der Waals surface area contributed by atoms with Crippen molar-refractivity contribution in [2.24, 2.45) is 0 Å². The quantitative estimate of drug-likeness (QED) is 0.353. The lowest BCUT2D eigenvalue weighted by Gasteiger charge is -2.12. The van der Waals surface area contributed by atoms with E-state index in [4.69, 9.17) is 13.9 Å². The number of hydrogen-bond acceptors (Lipinski definition) is 4. The van der Waals surface area contributed by atoms with Gasteiger partial charge in [-0.15, -0.1) is 0 Å². The first-order valence-electron chi connectivity index (χ1n) is 9.97. The van der Waals surface area contributed by atoms with Gasteiger partial charge >= 0.3 is 5.63 Å². The second-order valence-corrected chi connectivity index (χ2v) is 7.26. The zero-order chi connectivity index (χ0) is 21.4. The van der Waals surface area contributed by atoms with E-state index in [1.54, 1.807) is 14.2 Å². The van der Waals surface area contributed by atoms with Crippen LogP contribution in [0.5, 0.6) is 11.5 Å². The smallest absolute Gasteiger partial charge is 0.344 e. The Morgan fingerprint density at radius 3 is 1.94 bits per heavy atom. The van der Waals surface area contributed by atoms with Crippen LogP contribution in [0.25, 0.3) is 44.3 Å². The van der Waals surface area contributed by atoms with Crippen molar-refractivity contribution in [1.82, 2.24) is 0 Å². The number of benzene rings is 2. The molecule has 2 aliphatic rings. The van der Waals surface area contributed by atoms with Gasteiger partial charge in [0.05, 0.1) is 19.6 Å². The summed E-state index contributed by atoms with van der Waals surface area (Å²) in [7, 11) is 3.27. The molecule has 0 unspecified atom stereocenters. The average Bonchev–Trinajstić information content (AvgIpc) is 3.02. The van der Waals surface area contributed by atoms with Gasteiger partial charge in [-0.2, -0.15) is 0 Å². The van der Waals surface area contributed by atoms with Crippen molar-refractivity contribution in [3.63, 3.8) is 0 Å². The zero-order valence-electron chi connectivity index (χ0n) is 17.2. The molecule has 0 saturated heterocycles. The van der Waals surface area contributed by atoms with Gasteiger partial charge in [0, 0.05) is 16.5 Å². The lowest BCUT2D eigenvalue weighted by Crippen LogP contribution is -2.01. The maximum absolute atomic E-state index is 13.0. The molecule has 0 amide bonds. The molecule has 0 saturated carbocycles. The second-order valence-electron chi connectivity index (χ2n) is 7.26. The Hall–Kier alpha value is -4.05. The number of ether oxygens (including phenoxy) is 2. The van der Waals surface area contributed by atoms with E-state index in [0.717, 1.165) is 44.7 Å². The molecule has 0 aliphatic heterocycles.